The lowest BCUT2D eigenvalue weighted by Gasteiger charge is -2.27. The van der Waals surface area contributed by atoms with Crippen LogP contribution in [0, 0.1) is 22.7 Å². The first-order chi connectivity index (χ1) is 12.1. The number of hydrogen-bond acceptors (Lipinski definition) is 5. The van der Waals surface area contributed by atoms with Gasteiger partial charge in [0.25, 0.3) is 11.5 Å². The van der Waals surface area contributed by atoms with Crippen LogP contribution in [0.3, 0.4) is 0 Å². The summed E-state index contributed by atoms with van der Waals surface area (Å²) < 4.78 is 11.6. The number of benzene rings is 2. The average Bonchev–Trinajstić information content (AvgIpc) is 3.13. The van der Waals surface area contributed by atoms with Gasteiger partial charge in [-0.15, -0.1) is 0 Å². The number of fused-ring (bicyclic) bond motifs is 2. The van der Waals surface area contributed by atoms with E-state index in [1.165, 1.54) is 6.07 Å². The molecule has 4 rings (SSSR count). The minimum Gasteiger partial charge on any atom is -0.323 e. The van der Waals surface area contributed by atoms with Crippen LogP contribution in [0.4, 0.5) is 5.69 Å². The number of rotatable bonds is 1. The van der Waals surface area contributed by atoms with Crippen molar-refractivity contribution < 1.29 is 14.3 Å². The Morgan fingerprint density at radius 1 is 1.08 bits per heavy atom. The van der Waals surface area contributed by atoms with Crippen LogP contribution in [0.2, 0.25) is 5.02 Å². The van der Waals surface area contributed by atoms with E-state index in [0.717, 1.165) is 0 Å². The maximum absolute atomic E-state index is 12.8. The quantitative estimate of drug-likeness (QED) is 0.852. The van der Waals surface area contributed by atoms with Gasteiger partial charge in [0.1, 0.15) is 12.1 Å². The van der Waals surface area contributed by atoms with E-state index in [4.69, 9.17) is 21.1 Å². The SMILES string of the molecule is N#CC1(C#N)O[C@H](c2ccccc2)O[C@]12C(=O)Nc1ccc(Cl)cc12. The zero-order valence-corrected chi connectivity index (χ0v) is 13.4. The number of nitrogens with zero attached hydrogens (tertiary/aromatic N) is 2. The Morgan fingerprint density at radius 2 is 1.80 bits per heavy atom. The molecule has 2 aliphatic rings. The first kappa shape index (κ1) is 15.6. The molecule has 0 radical (unpaired) electrons. The zero-order valence-electron chi connectivity index (χ0n) is 12.7. The molecule has 1 amide bonds. The predicted molar refractivity (Wildman–Crippen MR) is 87.1 cm³/mol. The summed E-state index contributed by atoms with van der Waals surface area (Å²) in [4.78, 5) is 12.8. The van der Waals surface area contributed by atoms with Crippen LogP contribution >= 0.6 is 11.6 Å². The molecule has 0 aromatic heterocycles. The van der Waals surface area contributed by atoms with Crippen molar-refractivity contribution in [2.24, 2.45) is 0 Å². The normalized spacial score (nSPS) is 25.9. The van der Waals surface area contributed by atoms with E-state index < -0.39 is 23.4 Å². The number of ether oxygens (including phenoxy) is 2. The minimum atomic E-state index is -2.15. The number of nitrogens with one attached hydrogen (secondary N) is 1. The van der Waals surface area contributed by atoms with E-state index in [9.17, 15) is 15.3 Å². The molecule has 122 valence electrons. The summed E-state index contributed by atoms with van der Waals surface area (Å²) in [5.74, 6) is -0.633. The van der Waals surface area contributed by atoms with E-state index in [-0.39, 0.29) is 0 Å². The second kappa shape index (κ2) is 5.30. The van der Waals surface area contributed by atoms with E-state index in [1.807, 2.05) is 18.2 Å². The van der Waals surface area contributed by atoms with Crippen LogP contribution in [0.5, 0.6) is 0 Å². The molecule has 6 nitrogen and oxygen atoms in total. The zero-order chi connectivity index (χ0) is 17.7. The van der Waals surface area contributed by atoms with Crippen molar-refractivity contribution in [3.05, 3.63) is 64.7 Å². The molecular weight excluding hydrogens is 342 g/mol. The van der Waals surface area contributed by atoms with E-state index in [0.29, 0.717) is 21.8 Å². The standard InChI is InChI=1S/C18H10ClN3O3/c19-12-6-7-14-13(8-12)18(16(23)22-14)17(9-20,10-21)24-15(25-18)11-4-2-1-3-5-11/h1-8,15H,(H,22,23)/t15-,18+/m0/s1. The number of halogens is 1. The van der Waals surface area contributed by atoms with Crippen molar-refractivity contribution in [2.45, 2.75) is 17.5 Å². The Kier molecular flexibility index (Phi) is 3.31. The summed E-state index contributed by atoms with van der Waals surface area (Å²) in [6.45, 7) is 0. The molecule has 0 saturated carbocycles. The molecule has 2 aliphatic heterocycles. The molecule has 2 aromatic rings. The van der Waals surface area contributed by atoms with Crippen LogP contribution in [0.25, 0.3) is 0 Å². The number of amides is 1. The maximum Gasteiger partial charge on any atom is 0.286 e. The largest absolute Gasteiger partial charge is 0.323 e. The third kappa shape index (κ3) is 1.93. The summed E-state index contributed by atoms with van der Waals surface area (Å²) in [6.07, 6.45) is -1.05. The first-order valence-electron chi connectivity index (χ1n) is 7.41. The third-order valence-corrected chi connectivity index (χ3v) is 4.61. The fourth-order valence-corrected chi connectivity index (χ4v) is 3.38. The molecule has 1 saturated heterocycles. The van der Waals surface area contributed by atoms with Gasteiger partial charge < -0.3 is 14.8 Å². The lowest BCUT2D eigenvalue weighted by Crippen LogP contribution is -2.52. The van der Waals surface area contributed by atoms with Crippen LogP contribution in [0.1, 0.15) is 17.4 Å². The summed E-state index contributed by atoms with van der Waals surface area (Å²) in [6, 6.07) is 17.2. The maximum atomic E-state index is 12.8. The van der Waals surface area contributed by atoms with Crippen molar-refractivity contribution in [3.8, 4) is 12.1 Å². The molecule has 7 heteroatoms. The number of carbonyl (C=O) groups is 1. The van der Waals surface area contributed by atoms with Crippen molar-refractivity contribution in [2.75, 3.05) is 5.32 Å². The lowest BCUT2D eigenvalue weighted by atomic mass is 9.80. The van der Waals surface area contributed by atoms with Gasteiger partial charge >= 0.3 is 0 Å². The minimum absolute atomic E-state index is 0.312. The highest BCUT2D eigenvalue weighted by atomic mass is 35.5. The van der Waals surface area contributed by atoms with Gasteiger partial charge in [-0.2, -0.15) is 10.5 Å². The van der Waals surface area contributed by atoms with Gasteiger partial charge in [0.15, 0.2) is 6.29 Å². The molecule has 2 atom stereocenters. The highest BCUT2D eigenvalue weighted by molar-refractivity contribution is 6.31. The highest BCUT2D eigenvalue weighted by Gasteiger charge is 2.71. The van der Waals surface area contributed by atoms with Crippen LogP contribution in [-0.2, 0) is 19.9 Å². The van der Waals surface area contributed by atoms with Crippen LogP contribution in [0.15, 0.2) is 48.5 Å². The Morgan fingerprint density at radius 3 is 2.48 bits per heavy atom. The van der Waals surface area contributed by atoms with Gasteiger partial charge in [0.05, 0.1) is 0 Å². The number of nitriles is 2. The van der Waals surface area contributed by atoms with Gasteiger partial charge in [-0.05, 0) is 18.2 Å². The molecular formula is C18H10ClN3O3. The van der Waals surface area contributed by atoms with Gasteiger partial charge in [-0.3, -0.25) is 4.79 Å². The Bertz CT molecular complexity index is 950. The molecule has 1 spiro atoms. The smallest absolute Gasteiger partial charge is 0.286 e. The van der Waals surface area contributed by atoms with Crippen molar-refractivity contribution >= 4 is 23.2 Å². The molecule has 0 bridgehead atoms. The molecule has 0 unspecified atom stereocenters. The second-order valence-electron chi connectivity index (χ2n) is 5.71. The van der Waals surface area contributed by atoms with Gasteiger partial charge in [0.2, 0.25) is 5.60 Å². The Labute approximate surface area is 148 Å². The first-order valence-corrected chi connectivity index (χ1v) is 7.79. The molecule has 1 fully saturated rings. The van der Waals surface area contributed by atoms with Crippen molar-refractivity contribution in [3.63, 3.8) is 0 Å². The summed E-state index contributed by atoms with van der Waals surface area (Å²) in [5, 5.41) is 22.5. The topological polar surface area (TPSA) is 95.1 Å². The third-order valence-electron chi connectivity index (χ3n) is 4.38. The highest BCUT2D eigenvalue weighted by Crippen LogP contribution is 2.56. The second-order valence-corrected chi connectivity index (χ2v) is 6.14. The van der Waals surface area contributed by atoms with Gasteiger partial charge in [-0.1, -0.05) is 41.9 Å². The Hall–Kier alpha value is -2.90. The predicted octanol–water partition coefficient (Wildman–Crippen LogP) is 3.02. The summed E-state index contributed by atoms with van der Waals surface area (Å²) in [7, 11) is 0. The van der Waals surface area contributed by atoms with Gasteiger partial charge in [-0.25, -0.2) is 0 Å². The van der Waals surface area contributed by atoms with Gasteiger partial charge in [0, 0.05) is 21.8 Å². The molecule has 2 heterocycles. The van der Waals surface area contributed by atoms with Crippen molar-refractivity contribution in [1.29, 1.82) is 10.5 Å². The van der Waals surface area contributed by atoms with E-state index in [2.05, 4.69) is 5.32 Å². The monoisotopic (exact) mass is 351 g/mol. The average molecular weight is 352 g/mol. The van der Waals surface area contributed by atoms with Crippen LogP contribution < -0.4 is 5.32 Å². The summed E-state index contributed by atoms with van der Waals surface area (Å²) in [5.41, 5.74) is -2.73. The van der Waals surface area contributed by atoms with Crippen molar-refractivity contribution in [1.82, 2.24) is 0 Å². The number of anilines is 1. The fraction of sp³-hybridized carbons (Fsp3) is 0.167. The fourth-order valence-electron chi connectivity index (χ4n) is 3.21. The molecule has 2 aromatic carbocycles. The number of hydrogen-bond donors (Lipinski definition) is 1. The number of carbonyl (C=O) groups excluding carboxylic acids is 1. The Balaban J connectivity index is 1.94. The summed E-state index contributed by atoms with van der Waals surface area (Å²) >= 11 is 6.06. The van der Waals surface area contributed by atoms with Crippen LogP contribution in [-0.4, -0.2) is 11.5 Å². The van der Waals surface area contributed by atoms with E-state index >= 15 is 0 Å². The molecule has 25 heavy (non-hydrogen) atoms. The van der Waals surface area contributed by atoms with E-state index in [1.54, 1.807) is 36.4 Å². The molecule has 1 N–H and O–H groups in total. The molecule has 0 aliphatic carbocycles. The lowest BCUT2D eigenvalue weighted by molar-refractivity contribution is -0.143.